The number of thiophene rings is 1. The van der Waals surface area contributed by atoms with Gasteiger partial charge in [0.1, 0.15) is 5.75 Å². The molecular weight excluding hydrogens is 268 g/mol. The summed E-state index contributed by atoms with van der Waals surface area (Å²) in [5.41, 5.74) is 2.62. The maximum absolute atomic E-state index is 5.58. The Hall–Kier alpha value is -1.36. The summed E-state index contributed by atoms with van der Waals surface area (Å²) in [6, 6.07) is 10.9. The summed E-state index contributed by atoms with van der Waals surface area (Å²) in [4.78, 5) is 2.54. The molecule has 1 unspecified atom stereocenters. The standard InChI is InChI=1S/C16H20N2OS/c1-19-15-5-3-2-4-14(15)16(13-6-11-20-12-13)18-9-7-17-8-10-18/h2-6,11-12,16-17H,7-10H2,1H3. The largest absolute Gasteiger partial charge is 0.496 e. The van der Waals surface area contributed by atoms with E-state index < -0.39 is 0 Å². The van der Waals surface area contributed by atoms with E-state index in [4.69, 9.17) is 4.74 Å². The fourth-order valence-corrected chi connectivity index (χ4v) is 3.53. The number of ether oxygens (including phenoxy) is 1. The van der Waals surface area contributed by atoms with E-state index in [1.54, 1.807) is 18.4 Å². The van der Waals surface area contributed by atoms with Crippen LogP contribution in [-0.2, 0) is 0 Å². The lowest BCUT2D eigenvalue weighted by molar-refractivity contribution is 0.196. The van der Waals surface area contributed by atoms with Gasteiger partial charge in [-0.25, -0.2) is 0 Å². The number of rotatable bonds is 4. The summed E-state index contributed by atoms with van der Waals surface area (Å²) < 4.78 is 5.58. The fourth-order valence-electron chi connectivity index (χ4n) is 2.85. The zero-order valence-corrected chi connectivity index (χ0v) is 12.5. The number of hydrogen-bond donors (Lipinski definition) is 1. The monoisotopic (exact) mass is 288 g/mol. The number of para-hydroxylation sites is 1. The highest BCUT2D eigenvalue weighted by molar-refractivity contribution is 7.08. The van der Waals surface area contributed by atoms with Gasteiger partial charge in [0.15, 0.2) is 0 Å². The molecule has 3 nitrogen and oxygen atoms in total. The zero-order chi connectivity index (χ0) is 13.8. The molecular formula is C16H20N2OS. The second-order valence-corrected chi connectivity index (χ2v) is 5.77. The van der Waals surface area contributed by atoms with Crippen molar-refractivity contribution in [1.82, 2.24) is 10.2 Å². The van der Waals surface area contributed by atoms with Gasteiger partial charge in [-0.2, -0.15) is 11.3 Å². The molecule has 1 aromatic carbocycles. The molecule has 1 aromatic heterocycles. The first-order chi connectivity index (χ1) is 9.90. The number of nitrogens with one attached hydrogen (secondary N) is 1. The molecule has 4 heteroatoms. The summed E-state index contributed by atoms with van der Waals surface area (Å²) in [5, 5.41) is 7.83. The van der Waals surface area contributed by atoms with Crippen molar-refractivity contribution in [3.63, 3.8) is 0 Å². The quantitative estimate of drug-likeness (QED) is 0.936. The highest BCUT2D eigenvalue weighted by atomic mass is 32.1. The minimum absolute atomic E-state index is 0.291. The fraction of sp³-hybridized carbons (Fsp3) is 0.375. The molecule has 1 saturated heterocycles. The Morgan fingerprint density at radius 1 is 1.20 bits per heavy atom. The topological polar surface area (TPSA) is 24.5 Å². The van der Waals surface area contributed by atoms with Crippen LogP contribution in [-0.4, -0.2) is 38.2 Å². The van der Waals surface area contributed by atoms with Gasteiger partial charge in [-0.15, -0.1) is 0 Å². The molecule has 1 fully saturated rings. The lowest BCUT2D eigenvalue weighted by Gasteiger charge is -2.35. The van der Waals surface area contributed by atoms with Gasteiger partial charge < -0.3 is 10.1 Å². The van der Waals surface area contributed by atoms with Crippen molar-refractivity contribution in [3.05, 3.63) is 52.2 Å². The van der Waals surface area contributed by atoms with Crippen molar-refractivity contribution >= 4 is 11.3 Å². The van der Waals surface area contributed by atoms with Crippen LogP contribution in [0.2, 0.25) is 0 Å². The summed E-state index contributed by atoms with van der Waals surface area (Å²) >= 11 is 1.76. The van der Waals surface area contributed by atoms with E-state index >= 15 is 0 Å². The Morgan fingerprint density at radius 3 is 2.70 bits per heavy atom. The van der Waals surface area contributed by atoms with Gasteiger partial charge in [0.05, 0.1) is 13.2 Å². The second-order valence-electron chi connectivity index (χ2n) is 4.99. The third-order valence-electron chi connectivity index (χ3n) is 3.81. The second kappa shape index (κ2) is 6.39. The number of nitrogens with zero attached hydrogens (tertiary/aromatic N) is 1. The van der Waals surface area contributed by atoms with Crippen LogP contribution in [0, 0.1) is 0 Å². The van der Waals surface area contributed by atoms with Gasteiger partial charge in [0.2, 0.25) is 0 Å². The first-order valence-corrected chi connectivity index (χ1v) is 7.94. The van der Waals surface area contributed by atoms with Crippen molar-refractivity contribution < 1.29 is 4.74 Å². The van der Waals surface area contributed by atoms with Gasteiger partial charge in [-0.1, -0.05) is 18.2 Å². The van der Waals surface area contributed by atoms with Crippen molar-refractivity contribution in [2.45, 2.75) is 6.04 Å². The molecule has 1 atom stereocenters. The molecule has 0 bridgehead atoms. The molecule has 3 rings (SSSR count). The van der Waals surface area contributed by atoms with Crippen molar-refractivity contribution in [1.29, 1.82) is 0 Å². The van der Waals surface area contributed by atoms with E-state index in [-0.39, 0.29) is 0 Å². The maximum Gasteiger partial charge on any atom is 0.123 e. The van der Waals surface area contributed by atoms with Gasteiger partial charge in [0.25, 0.3) is 0 Å². The molecule has 2 aromatic rings. The molecule has 1 N–H and O–H groups in total. The predicted octanol–water partition coefficient (Wildman–Crippen LogP) is 2.75. The molecule has 0 aliphatic carbocycles. The summed E-state index contributed by atoms with van der Waals surface area (Å²) in [7, 11) is 1.75. The van der Waals surface area contributed by atoms with Crippen LogP contribution in [0.25, 0.3) is 0 Å². The Balaban J connectivity index is 2.00. The van der Waals surface area contributed by atoms with Gasteiger partial charge in [-0.3, -0.25) is 4.90 Å². The highest BCUT2D eigenvalue weighted by Gasteiger charge is 2.26. The van der Waals surface area contributed by atoms with Crippen molar-refractivity contribution in [2.75, 3.05) is 33.3 Å². The average molecular weight is 288 g/mol. The Labute approximate surface area is 124 Å². The van der Waals surface area contributed by atoms with E-state index in [9.17, 15) is 0 Å². The van der Waals surface area contributed by atoms with E-state index in [0.717, 1.165) is 31.9 Å². The Kier molecular flexibility index (Phi) is 4.35. The SMILES string of the molecule is COc1ccccc1C(c1ccsc1)N1CCNCC1. The maximum atomic E-state index is 5.58. The molecule has 0 radical (unpaired) electrons. The predicted molar refractivity (Wildman–Crippen MR) is 83.6 cm³/mol. The number of hydrogen-bond acceptors (Lipinski definition) is 4. The minimum atomic E-state index is 0.291. The van der Waals surface area contributed by atoms with Crippen molar-refractivity contribution in [2.24, 2.45) is 0 Å². The van der Waals surface area contributed by atoms with Gasteiger partial charge in [0, 0.05) is 31.7 Å². The van der Waals surface area contributed by atoms with Gasteiger partial charge >= 0.3 is 0 Å². The molecule has 1 aliphatic heterocycles. The molecule has 2 heterocycles. The normalized spacial score (nSPS) is 17.9. The molecule has 20 heavy (non-hydrogen) atoms. The summed E-state index contributed by atoms with van der Waals surface area (Å²) in [6.45, 7) is 4.24. The van der Waals surface area contributed by atoms with Crippen LogP contribution < -0.4 is 10.1 Å². The molecule has 0 spiro atoms. The third kappa shape index (κ3) is 2.73. The van der Waals surface area contributed by atoms with Crippen LogP contribution in [0.15, 0.2) is 41.1 Å². The Bertz CT molecular complexity index is 535. The lowest BCUT2D eigenvalue weighted by atomic mass is 9.98. The smallest absolute Gasteiger partial charge is 0.123 e. The van der Waals surface area contributed by atoms with Crippen LogP contribution in [0.1, 0.15) is 17.2 Å². The van der Waals surface area contributed by atoms with E-state index in [1.807, 2.05) is 6.07 Å². The lowest BCUT2D eigenvalue weighted by Crippen LogP contribution is -2.45. The average Bonchev–Trinajstić information content (AvgIpc) is 3.03. The molecule has 106 valence electrons. The first-order valence-electron chi connectivity index (χ1n) is 7.00. The van der Waals surface area contributed by atoms with E-state index in [2.05, 4.69) is 45.2 Å². The van der Waals surface area contributed by atoms with Crippen LogP contribution >= 0.6 is 11.3 Å². The zero-order valence-electron chi connectivity index (χ0n) is 11.7. The van der Waals surface area contributed by atoms with Crippen LogP contribution in [0.5, 0.6) is 5.75 Å². The Morgan fingerprint density at radius 2 is 2.00 bits per heavy atom. The summed E-state index contributed by atoms with van der Waals surface area (Å²) in [6.07, 6.45) is 0. The molecule has 0 amide bonds. The number of benzene rings is 1. The molecule has 0 saturated carbocycles. The number of piperazine rings is 1. The minimum Gasteiger partial charge on any atom is -0.496 e. The van der Waals surface area contributed by atoms with E-state index in [0.29, 0.717) is 6.04 Å². The van der Waals surface area contributed by atoms with Crippen LogP contribution in [0.3, 0.4) is 0 Å². The first kappa shape index (κ1) is 13.6. The number of methoxy groups -OCH3 is 1. The molecule has 1 aliphatic rings. The van der Waals surface area contributed by atoms with Gasteiger partial charge in [-0.05, 0) is 28.5 Å². The van der Waals surface area contributed by atoms with Crippen LogP contribution in [0.4, 0.5) is 0 Å². The third-order valence-corrected chi connectivity index (χ3v) is 4.51. The summed E-state index contributed by atoms with van der Waals surface area (Å²) in [5.74, 6) is 0.974. The van der Waals surface area contributed by atoms with E-state index in [1.165, 1.54) is 11.1 Å². The van der Waals surface area contributed by atoms with Crippen molar-refractivity contribution in [3.8, 4) is 5.75 Å². The highest BCUT2D eigenvalue weighted by Crippen LogP contribution is 2.35.